The van der Waals surface area contributed by atoms with Gasteiger partial charge in [0.25, 0.3) is 0 Å². The van der Waals surface area contributed by atoms with Gasteiger partial charge in [0.15, 0.2) is 0 Å². The first-order valence-electron chi connectivity index (χ1n) is 10.3. The average molecular weight is 359 g/mol. The molecule has 27 heavy (non-hydrogen) atoms. The Balaban J connectivity index is 1.52. The number of fused-ring (bicyclic) bond motifs is 4. The number of rotatable bonds is 4. The van der Waals surface area contributed by atoms with E-state index in [1.165, 1.54) is 35.0 Å². The number of aliphatic hydroxyl groups excluding tert-OH is 1. The zero-order chi connectivity index (χ0) is 18.3. The number of piperidine rings is 3. The van der Waals surface area contributed by atoms with Crippen molar-refractivity contribution in [2.75, 3.05) is 13.1 Å². The van der Waals surface area contributed by atoms with Crippen LogP contribution in [0, 0.1) is 5.92 Å². The number of benzene rings is 3. The molecule has 3 aromatic rings. The van der Waals surface area contributed by atoms with Crippen molar-refractivity contribution >= 4 is 10.8 Å². The lowest BCUT2D eigenvalue weighted by atomic mass is 9.75. The van der Waals surface area contributed by atoms with Crippen molar-refractivity contribution in [3.8, 4) is 0 Å². The van der Waals surface area contributed by atoms with E-state index in [0.29, 0.717) is 12.0 Å². The summed E-state index contributed by atoms with van der Waals surface area (Å²) in [6, 6.07) is 26.5. The number of quaternary nitrogens is 1. The summed E-state index contributed by atoms with van der Waals surface area (Å²) in [4.78, 5) is 0. The third-order valence-corrected chi connectivity index (χ3v) is 7.12. The second-order valence-electron chi connectivity index (χ2n) is 8.55. The third kappa shape index (κ3) is 2.97. The second kappa shape index (κ2) is 6.78. The largest absolute Gasteiger partial charge is 0.387 e. The van der Waals surface area contributed by atoms with Gasteiger partial charge in [-0.25, -0.2) is 0 Å². The highest BCUT2D eigenvalue weighted by atomic mass is 16.3. The first-order chi connectivity index (χ1) is 13.3. The monoisotopic (exact) mass is 358 g/mol. The van der Waals surface area contributed by atoms with Gasteiger partial charge in [-0.1, -0.05) is 72.8 Å². The van der Waals surface area contributed by atoms with Crippen LogP contribution in [0.15, 0.2) is 72.8 Å². The molecule has 3 aromatic carbocycles. The Hall–Kier alpha value is -2.16. The van der Waals surface area contributed by atoms with E-state index in [1.807, 2.05) is 0 Å². The fraction of sp³-hybridized carbons (Fsp3) is 0.360. The van der Waals surface area contributed by atoms with Gasteiger partial charge >= 0.3 is 0 Å². The Bertz CT molecular complexity index is 922. The van der Waals surface area contributed by atoms with Gasteiger partial charge in [-0.05, 0) is 16.3 Å². The molecule has 0 saturated carbocycles. The van der Waals surface area contributed by atoms with Crippen LogP contribution in [-0.2, 0) is 13.0 Å². The highest BCUT2D eigenvalue weighted by Gasteiger charge is 2.52. The van der Waals surface area contributed by atoms with E-state index in [1.54, 1.807) is 0 Å². The molecule has 2 bridgehead atoms. The molecular weight excluding hydrogens is 330 g/mol. The summed E-state index contributed by atoms with van der Waals surface area (Å²) in [5, 5.41) is 13.8. The van der Waals surface area contributed by atoms with Crippen molar-refractivity contribution < 1.29 is 9.59 Å². The number of hydrogen-bond donors (Lipinski definition) is 1. The average Bonchev–Trinajstić information content (AvgIpc) is 2.72. The zero-order valence-electron chi connectivity index (χ0n) is 15.8. The van der Waals surface area contributed by atoms with Gasteiger partial charge in [0, 0.05) is 30.7 Å². The first-order valence-corrected chi connectivity index (χ1v) is 10.3. The van der Waals surface area contributed by atoms with E-state index < -0.39 is 0 Å². The van der Waals surface area contributed by atoms with Crippen LogP contribution < -0.4 is 0 Å². The molecule has 6 rings (SSSR count). The standard InChI is InChI=1S/C25H28NO/c27-25-21-13-15-26(16-14-21,24(25)17-19-7-2-1-3-8-19)18-22-11-6-10-20-9-4-5-12-23(20)22/h1-12,21,24-25,27H,13-18H2/q+1/t21?,24-,25-,26?/m1/s1. The molecule has 3 aliphatic heterocycles. The maximum Gasteiger partial charge on any atom is 0.120 e. The topological polar surface area (TPSA) is 20.2 Å². The van der Waals surface area contributed by atoms with Crippen LogP contribution in [-0.4, -0.2) is 34.8 Å². The van der Waals surface area contributed by atoms with Crippen molar-refractivity contribution in [3.63, 3.8) is 0 Å². The highest BCUT2D eigenvalue weighted by molar-refractivity contribution is 5.85. The lowest BCUT2D eigenvalue weighted by Crippen LogP contribution is -2.69. The maximum atomic E-state index is 11.2. The summed E-state index contributed by atoms with van der Waals surface area (Å²) in [7, 11) is 0. The summed E-state index contributed by atoms with van der Waals surface area (Å²) in [5.74, 6) is 0.492. The molecule has 138 valence electrons. The van der Waals surface area contributed by atoms with Gasteiger partial charge < -0.3 is 9.59 Å². The summed E-state index contributed by atoms with van der Waals surface area (Å²) in [5.41, 5.74) is 2.78. The molecule has 2 atom stereocenters. The van der Waals surface area contributed by atoms with Crippen LogP contribution in [0.1, 0.15) is 24.0 Å². The fourth-order valence-electron chi connectivity index (χ4n) is 5.63. The molecule has 0 radical (unpaired) electrons. The number of hydrogen-bond acceptors (Lipinski definition) is 1. The minimum Gasteiger partial charge on any atom is -0.387 e. The summed E-state index contributed by atoms with van der Waals surface area (Å²) in [6.45, 7) is 3.42. The predicted octanol–water partition coefficient (Wildman–Crippen LogP) is 4.55. The zero-order valence-corrected chi connectivity index (χ0v) is 15.8. The van der Waals surface area contributed by atoms with Crippen molar-refractivity contribution in [1.29, 1.82) is 0 Å². The Morgan fingerprint density at radius 3 is 2.33 bits per heavy atom. The number of aliphatic hydroxyl groups is 1. The molecule has 0 unspecified atom stereocenters. The highest BCUT2D eigenvalue weighted by Crippen LogP contribution is 2.42. The maximum absolute atomic E-state index is 11.2. The van der Waals surface area contributed by atoms with Crippen LogP contribution in [0.2, 0.25) is 0 Å². The van der Waals surface area contributed by atoms with Crippen LogP contribution in [0.25, 0.3) is 10.8 Å². The van der Waals surface area contributed by atoms with Crippen LogP contribution in [0.4, 0.5) is 0 Å². The minimum atomic E-state index is -0.178. The molecule has 0 spiro atoms. The van der Waals surface area contributed by atoms with Gasteiger partial charge in [-0.2, -0.15) is 0 Å². The minimum absolute atomic E-state index is 0.178. The van der Waals surface area contributed by atoms with E-state index in [0.717, 1.165) is 30.3 Å². The van der Waals surface area contributed by atoms with E-state index >= 15 is 0 Å². The van der Waals surface area contributed by atoms with Crippen molar-refractivity contribution in [3.05, 3.63) is 83.9 Å². The van der Waals surface area contributed by atoms with E-state index in [4.69, 9.17) is 0 Å². The van der Waals surface area contributed by atoms with Crippen molar-refractivity contribution in [2.45, 2.75) is 38.0 Å². The molecule has 1 N–H and O–H groups in total. The first kappa shape index (κ1) is 17.0. The lowest BCUT2D eigenvalue weighted by molar-refractivity contribution is -0.981. The fourth-order valence-corrected chi connectivity index (χ4v) is 5.63. The number of nitrogens with zero attached hydrogens (tertiary/aromatic N) is 1. The molecule has 0 aliphatic carbocycles. The van der Waals surface area contributed by atoms with E-state index in [-0.39, 0.29) is 6.10 Å². The smallest absolute Gasteiger partial charge is 0.120 e. The molecule has 0 amide bonds. The van der Waals surface area contributed by atoms with Crippen molar-refractivity contribution in [1.82, 2.24) is 0 Å². The predicted molar refractivity (Wildman–Crippen MR) is 110 cm³/mol. The quantitative estimate of drug-likeness (QED) is 0.678. The van der Waals surface area contributed by atoms with Crippen LogP contribution in [0.5, 0.6) is 0 Å². The Morgan fingerprint density at radius 1 is 0.815 bits per heavy atom. The van der Waals surface area contributed by atoms with Crippen LogP contribution in [0.3, 0.4) is 0 Å². The third-order valence-electron chi connectivity index (χ3n) is 7.12. The molecule has 0 aromatic heterocycles. The van der Waals surface area contributed by atoms with E-state index in [2.05, 4.69) is 72.8 Å². The van der Waals surface area contributed by atoms with E-state index in [9.17, 15) is 5.11 Å². The molecule has 3 saturated heterocycles. The summed E-state index contributed by atoms with van der Waals surface area (Å²) in [6.07, 6.45) is 3.13. The SMILES string of the molecule is O[C@@H]1C2CC[N+](Cc3cccc4ccccc34)(CC2)[C@@H]1Cc1ccccc1. The van der Waals surface area contributed by atoms with Gasteiger partial charge in [0.1, 0.15) is 18.7 Å². The summed E-state index contributed by atoms with van der Waals surface area (Å²) >= 11 is 0. The van der Waals surface area contributed by atoms with Gasteiger partial charge in [0.05, 0.1) is 13.1 Å². The molecular formula is C25H28NO+. The summed E-state index contributed by atoms with van der Waals surface area (Å²) < 4.78 is 1.04. The van der Waals surface area contributed by atoms with Crippen molar-refractivity contribution in [2.24, 2.45) is 5.92 Å². The van der Waals surface area contributed by atoms with Crippen LogP contribution >= 0.6 is 0 Å². The van der Waals surface area contributed by atoms with Gasteiger partial charge in [-0.15, -0.1) is 0 Å². The Morgan fingerprint density at radius 2 is 1.52 bits per heavy atom. The van der Waals surface area contributed by atoms with Gasteiger partial charge in [-0.3, -0.25) is 0 Å². The van der Waals surface area contributed by atoms with Gasteiger partial charge in [0.2, 0.25) is 0 Å². The molecule has 3 aliphatic rings. The second-order valence-corrected chi connectivity index (χ2v) is 8.55. The Labute approximate surface area is 161 Å². The molecule has 2 heteroatoms. The Kier molecular flexibility index (Phi) is 4.26. The molecule has 3 heterocycles. The molecule has 2 nitrogen and oxygen atoms in total. The lowest BCUT2D eigenvalue weighted by Gasteiger charge is -2.57. The normalized spacial score (nSPS) is 29.9. The molecule has 3 fully saturated rings.